The van der Waals surface area contributed by atoms with Crippen LogP contribution in [0.5, 0.6) is 0 Å². The molecule has 2 unspecified atom stereocenters. The van der Waals surface area contributed by atoms with E-state index in [1.54, 1.807) is 34.6 Å². The van der Waals surface area contributed by atoms with E-state index in [1.807, 2.05) is 6.07 Å². The van der Waals surface area contributed by atoms with Gasteiger partial charge in [-0.1, -0.05) is 18.2 Å². The first kappa shape index (κ1) is 19.2. The largest absolute Gasteiger partial charge is 0.326 e. The summed E-state index contributed by atoms with van der Waals surface area (Å²) < 4.78 is 15.5. The summed E-state index contributed by atoms with van der Waals surface area (Å²) in [5.74, 6) is -0.714. The maximum absolute atomic E-state index is 13.7. The lowest BCUT2D eigenvalue weighted by Gasteiger charge is -2.42. The molecule has 3 amide bonds. The average Bonchev–Trinajstić information content (AvgIpc) is 2.70. The lowest BCUT2D eigenvalue weighted by atomic mass is 9.83. The van der Waals surface area contributed by atoms with Crippen molar-refractivity contribution in [3.63, 3.8) is 0 Å². The Labute approximate surface area is 167 Å². The van der Waals surface area contributed by atoms with Crippen molar-refractivity contribution in [3.8, 4) is 0 Å². The van der Waals surface area contributed by atoms with Crippen LogP contribution in [-0.4, -0.2) is 40.5 Å². The molecule has 29 heavy (non-hydrogen) atoms. The molecule has 2 aromatic rings. The molecule has 3 atom stereocenters. The quantitative estimate of drug-likeness (QED) is 0.831. The Kier molecular flexibility index (Phi) is 5.08. The van der Waals surface area contributed by atoms with Gasteiger partial charge in [0, 0.05) is 37.3 Å². The molecule has 2 N–H and O–H groups in total. The number of carbonyl (C=O) groups is 2. The SMILES string of the molecule is C[C@H](NC(=O)N1CC2CC(C1)c1cccc(=O)n1C2)C(=O)Nc1ccccc1F. The number of para-hydroxylation sites is 1. The van der Waals surface area contributed by atoms with Gasteiger partial charge in [0.2, 0.25) is 5.91 Å². The molecule has 2 aliphatic rings. The smallest absolute Gasteiger partial charge is 0.318 e. The highest BCUT2D eigenvalue weighted by molar-refractivity contribution is 5.96. The number of hydrogen-bond donors (Lipinski definition) is 2. The first-order chi connectivity index (χ1) is 13.9. The maximum Gasteiger partial charge on any atom is 0.318 e. The lowest BCUT2D eigenvalue weighted by molar-refractivity contribution is -0.117. The second-order valence-corrected chi connectivity index (χ2v) is 7.74. The summed E-state index contributed by atoms with van der Waals surface area (Å²) in [4.78, 5) is 38.9. The third kappa shape index (κ3) is 3.87. The van der Waals surface area contributed by atoms with E-state index in [-0.39, 0.29) is 29.1 Å². The number of carbonyl (C=O) groups excluding carboxylic acids is 2. The van der Waals surface area contributed by atoms with Crippen LogP contribution in [0.1, 0.15) is 25.0 Å². The van der Waals surface area contributed by atoms with Crippen molar-refractivity contribution in [1.29, 1.82) is 0 Å². The summed E-state index contributed by atoms with van der Waals surface area (Å²) in [5.41, 5.74) is 1.03. The third-order valence-corrected chi connectivity index (χ3v) is 5.63. The second kappa shape index (κ2) is 7.69. The van der Waals surface area contributed by atoms with Crippen LogP contribution >= 0.6 is 0 Å². The highest BCUT2D eigenvalue weighted by Crippen LogP contribution is 2.34. The van der Waals surface area contributed by atoms with E-state index in [2.05, 4.69) is 10.6 Å². The number of rotatable bonds is 3. The fourth-order valence-corrected chi connectivity index (χ4v) is 4.21. The normalized spacial score (nSPS) is 21.1. The zero-order valence-electron chi connectivity index (χ0n) is 16.1. The van der Waals surface area contributed by atoms with Gasteiger partial charge in [-0.2, -0.15) is 0 Å². The third-order valence-electron chi connectivity index (χ3n) is 5.63. The van der Waals surface area contributed by atoms with E-state index in [4.69, 9.17) is 0 Å². The number of nitrogens with zero attached hydrogens (tertiary/aromatic N) is 2. The molecule has 152 valence electrons. The summed E-state index contributed by atoms with van der Waals surface area (Å²) in [6, 6.07) is 9.98. The summed E-state index contributed by atoms with van der Waals surface area (Å²) in [6.45, 7) is 3.19. The molecule has 7 nitrogen and oxygen atoms in total. The molecule has 4 rings (SSSR count). The van der Waals surface area contributed by atoms with Gasteiger partial charge in [-0.3, -0.25) is 9.59 Å². The Balaban J connectivity index is 1.40. The highest BCUT2D eigenvalue weighted by atomic mass is 19.1. The number of fused-ring (bicyclic) bond motifs is 4. The molecule has 8 heteroatoms. The number of amides is 3. The summed E-state index contributed by atoms with van der Waals surface area (Å²) in [7, 11) is 0. The van der Waals surface area contributed by atoms with Crippen LogP contribution in [0.15, 0.2) is 47.3 Å². The number of aromatic nitrogens is 1. The van der Waals surface area contributed by atoms with E-state index in [0.717, 1.165) is 12.1 Å². The minimum Gasteiger partial charge on any atom is -0.326 e. The topological polar surface area (TPSA) is 83.4 Å². The molecule has 1 fully saturated rings. The minimum absolute atomic E-state index is 0.00598. The minimum atomic E-state index is -0.821. The summed E-state index contributed by atoms with van der Waals surface area (Å²) >= 11 is 0. The molecular weight excluding hydrogens is 375 g/mol. The van der Waals surface area contributed by atoms with Crippen LogP contribution in [0.4, 0.5) is 14.9 Å². The number of piperidine rings is 1. The van der Waals surface area contributed by atoms with Crippen LogP contribution < -0.4 is 16.2 Å². The van der Waals surface area contributed by atoms with E-state index >= 15 is 0 Å². The van der Waals surface area contributed by atoms with Crippen molar-refractivity contribution in [2.24, 2.45) is 5.92 Å². The molecule has 3 heterocycles. The molecule has 2 bridgehead atoms. The van der Waals surface area contributed by atoms with E-state index in [9.17, 15) is 18.8 Å². The van der Waals surface area contributed by atoms with E-state index in [0.29, 0.717) is 19.6 Å². The standard InChI is InChI=1S/C21H23FN4O3/c1-13(20(28)24-17-6-3-2-5-16(17)22)23-21(29)25-10-14-9-15(12-25)18-7-4-8-19(27)26(18)11-14/h2-8,13-15H,9-12H2,1H3,(H,23,29)(H,24,28)/t13-,14?,15?/m0/s1. The molecule has 0 aliphatic carbocycles. The van der Waals surface area contributed by atoms with Crippen LogP contribution in [0.3, 0.4) is 0 Å². The zero-order valence-corrected chi connectivity index (χ0v) is 16.1. The van der Waals surface area contributed by atoms with Crippen molar-refractivity contribution in [2.75, 3.05) is 18.4 Å². The van der Waals surface area contributed by atoms with Gasteiger partial charge in [0.05, 0.1) is 5.69 Å². The molecule has 1 aromatic heterocycles. The van der Waals surface area contributed by atoms with E-state index in [1.165, 1.54) is 18.2 Å². The number of benzene rings is 1. The van der Waals surface area contributed by atoms with Gasteiger partial charge in [0.25, 0.3) is 5.56 Å². The molecular formula is C21H23FN4O3. The Bertz CT molecular complexity index is 1010. The number of hydrogen-bond acceptors (Lipinski definition) is 3. The summed E-state index contributed by atoms with van der Waals surface area (Å²) in [5, 5.41) is 5.19. The molecule has 0 radical (unpaired) electrons. The number of anilines is 1. The van der Waals surface area contributed by atoms with Crippen molar-refractivity contribution in [1.82, 2.24) is 14.8 Å². The number of halogens is 1. The molecule has 0 saturated carbocycles. The van der Waals surface area contributed by atoms with Gasteiger partial charge in [-0.15, -0.1) is 0 Å². The van der Waals surface area contributed by atoms with Crippen LogP contribution in [0, 0.1) is 11.7 Å². The van der Waals surface area contributed by atoms with Crippen molar-refractivity contribution < 1.29 is 14.0 Å². The van der Waals surface area contributed by atoms with Gasteiger partial charge in [0.1, 0.15) is 11.9 Å². The molecule has 2 aliphatic heterocycles. The van der Waals surface area contributed by atoms with Crippen molar-refractivity contribution >= 4 is 17.6 Å². The van der Waals surface area contributed by atoms with Gasteiger partial charge in [-0.05, 0) is 37.5 Å². The predicted octanol–water partition coefficient (Wildman–Crippen LogP) is 2.14. The van der Waals surface area contributed by atoms with Crippen LogP contribution in [0.25, 0.3) is 0 Å². The Morgan fingerprint density at radius 1 is 1.10 bits per heavy atom. The first-order valence-electron chi connectivity index (χ1n) is 9.73. The van der Waals surface area contributed by atoms with Gasteiger partial charge >= 0.3 is 6.03 Å². The lowest BCUT2D eigenvalue weighted by Crippen LogP contribution is -2.54. The van der Waals surface area contributed by atoms with Gasteiger partial charge in [-0.25, -0.2) is 9.18 Å². The van der Waals surface area contributed by atoms with Crippen molar-refractivity contribution in [3.05, 3.63) is 64.3 Å². The Morgan fingerprint density at radius 3 is 2.69 bits per heavy atom. The number of pyridine rings is 1. The molecule has 1 aromatic carbocycles. The van der Waals surface area contributed by atoms with Crippen molar-refractivity contribution in [2.45, 2.75) is 31.8 Å². The fourth-order valence-electron chi connectivity index (χ4n) is 4.21. The number of nitrogens with one attached hydrogen (secondary N) is 2. The van der Waals surface area contributed by atoms with Crippen LogP contribution in [0.2, 0.25) is 0 Å². The van der Waals surface area contributed by atoms with E-state index < -0.39 is 17.8 Å². The number of urea groups is 1. The molecule has 0 spiro atoms. The Morgan fingerprint density at radius 2 is 1.90 bits per heavy atom. The van der Waals surface area contributed by atoms with Gasteiger partial charge < -0.3 is 20.1 Å². The average molecular weight is 398 g/mol. The predicted molar refractivity (Wildman–Crippen MR) is 106 cm³/mol. The number of likely N-dealkylation sites (tertiary alicyclic amines) is 1. The maximum atomic E-state index is 13.7. The zero-order chi connectivity index (χ0) is 20.5. The monoisotopic (exact) mass is 398 g/mol. The van der Waals surface area contributed by atoms with Gasteiger partial charge in [0.15, 0.2) is 0 Å². The fraction of sp³-hybridized carbons (Fsp3) is 0.381. The first-order valence-corrected chi connectivity index (χ1v) is 9.73. The highest BCUT2D eigenvalue weighted by Gasteiger charge is 2.36. The Hall–Kier alpha value is -3.16. The second-order valence-electron chi connectivity index (χ2n) is 7.74. The summed E-state index contributed by atoms with van der Waals surface area (Å²) in [6.07, 6.45) is 0.941. The molecule has 1 saturated heterocycles. The van der Waals surface area contributed by atoms with Crippen LogP contribution in [-0.2, 0) is 11.3 Å².